The standard InChI is InChI=1S/C18H21ClN2O3S/c1-2-24-17-9-5-4-8-16(17)20-11-13-21(14-12-20)25(22,23)18-10-6-3-7-15(18)19/h3-10H,2,11-14H2,1H3. The fourth-order valence-corrected chi connectivity index (χ4v) is 4.87. The van der Waals surface area contributed by atoms with Crippen LogP contribution >= 0.6 is 11.6 Å². The van der Waals surface area contributed by atoms with E-state index in [-0.39, 0.29) is 9.92 Å². The second-order valence-electron chi connectivity index (χ2n) is 5.72. The van der Waals surface area contributed by atoms with E-state index in [1.54, 1.807) is 24.3 Å². The van der Waals surface area contributed by atoms with Crippen molar-refractivity contribution >= 4 is 27.3 Å². The number of benzene rings is 2. The van der Waals surface area contributed by atoms with Crippen LogP contribution in [0.5, 0.6) is 5.75 Å². The second kappa shape index (κ2) is 7.64. The van der Waals surface area contributed by atoms with Crippen molar-refractivity contribution in [1.82, 2.24) is 4.31 Å². The molecule has 0 amide bonds. The first kappa shape index (κ1) is 18.0. The van der Waals surface area contributed by atoms with E-state index in [0.717, 1.165) is 11.4 Å². The molecule has 0 aliphatic carbocycles. The maximum atomic E-state index is 12.8. The molecular weight excluding hydrogens is 360 g/mol. The van der Waals surface area contributed by atoms with Crippen molar-refractivity contribution in [1.29, 1.82) is 0 Å². The molecule has 1 fully saturated rings. The van der Waals surface area contributed by atoms with Crippen LogP contribution in [0.4, 0.5) is 5.69 Å². The van der Waals surface area contributed by atoms with Gasteiger partial charge in [0.25, 0.3) is 0 Å². The summed E-state index contributed by atoms with van der Waals surface area (Å²) in [4.78, 5) is 2.32. The topological polar surface area (TPSA) is 49.9 Å². The van der Waals surface area contributed by atoms with Gasteiger partial charge in [-0.3, -0.25) is 0 Å². The van der Waals surface area contributed by atoms with Crippen molar-refractivity contribution in [3.05, 3.63) is 53.6 Å². The van der Waals surface area contributed by atoms with Gasteiger partial charge in [-0.25, -0.2) is 8.42 Å². The molecule has 1 aliphatic rings. The number of hydrogen-bond donors (Lipinski definition) is 0. The molecule has 0 atom stereocenters. The van der Waals surface area contributed by atoms with Gasteiger partial charge in [0.2, 0.25) is 10.0 Å². The number of piperazine rings is 1. The highest BCUT2D eigenvalue weighted by atomic mass is 35.5. The zero-order chi connectivity index (χ0) is 17.9. The third-order valence-corrected chi connectivity index (χ3v) is 6.60. The summed E-state index contributed by atoms with van der Waals surface area (Å²) in [5, 5.41) is 0.256. The molecule has 0 spiro atoms. The minimum Gasteiger partial charge on any atom is -0.492 e. The van der Waals surface area contributed by atoms with Gasteiger partial charge in [0.15, 0.2) is 0 Å². The summed E-state index contributed by atoms with van der Waals surface area (Å²) in [7, 11) is -3.58. The van der Waals surface area contributed by atoms with E-state index in [4.69, 9.17) is 16.3 Å². The number of ether oxygens (including phenoxy) is 1. The Labute approximate surface area is 153 Å². The Kier molecular flexibility index (Phi) is 5.51. The Morgan fingerprint density at radius 3 is 2.32 bits per heavy atom. The summed E-state index contributed by atoms with van der Waals surface area (Å²) >= 11 is 6.08. The van der Waals surface area contributed by atoms with E-state index in [1.807, 2.05) is 31.2 Å². The fraction of sp³-hybridized carbons (Fsp3) is 0.333. The Hall–Kier alpha value is -1.76. The van der Waals surface area contributed by atoms with Crippen LogP contribution < -0.4 is 9.64 Å². The third kappa shape index (κ3) is 3.76. The van der Waals surface area contributed by atoms with Crippen LogP contribution in [0.25, 0.3) is 0 Å². The monoisotopic (exact) mass is 380 g/mol. The number of halogens is 1. The molecule has 0 unspecified atom stereocenters. The first-order chi connectivity index (χ1) is 12.0. The van der Waals surface area contributed by atoms with Gasteiger partial charge in [-0.15, -0.1) is 0 Å². The summed E-state index contributed by atoms with van der Waals surface area (Å²) in [6, 6.07) is 14.4. The second-order valence-corrected chi connectivity index (χ2v) is 8.04. The molecule has 0 aromatic heterocycles. The first-order valence-corrected chi connectivity index (χ1v) is 10.1. The van der Waals surface area contributed by atoms with Crippen LogP contribution in [0.3, 0.4) is 0 Å². The Morgan fingerprint density at radius 2 is 1.64 bits per heavy atom. The lowest BCUT2D eigenvalue weighted by Crippen LogP contribution is -2.48. The summed E-state index contributed by atoms with van der Waals surface area (Å²) in [6.45, 7) is 4.58. The Morgan fingerprint density at radius 1 is 1.00 bits per heavy atom. The number of rotatable bonds is 5. The molecule has 134 valence electrons. The number of para-hydroxylation sites is 2. The van der Waals surface area contributed by atoms with Gasteiger partial charge in [-0.1, -0.05) is 35.9 Å². The van der Waals surface area contributed by atoms with Gasteiger partial charge in [-0.2, -0.15) is 4.31 Å². The van der Waals surface area contributed by atoms with Crippen LogP contribution in [-0.2, 0) is 10.0 Å². The average molecular weight is 381 g/mol. The van der Waals surface area contributed by atoms with Gasteiger partial charge >= 0.3 is 0 Å². The first-order valence-electron chi connectivity index (χ1n) is 8.25. The fourth-order valence-electron chi connectivity index (χ4n) is 2.96. The number of hydrogen-bond acceptors (Lipinski definition) is 4. The lowest BCUT2D eigenvalue weighted by molar-refractivity contribution is 0.337. The van der Waals surface area contributed by atoms with E-state index in [9.17, 15) is 8.42 Å². The van der Waals surface area contributed by atoms with E-state index in [0.29, 0.717) is 32.8 Å². The third-order valence-electron chi connectivity index (χ3n) is 4.20. The van der Waals surface area contributed by atoms with E-state index in [2.05, 4.69) is 4.90 Å². The summed E-state index contributed by atoms with van der Waals surface area (Å²) in [5.74, 6) is 0.826. The molecule has 2 aromatic rings. The van der Waals surface area contributed by atoms with Crippen molar-refractivity contribution in [2.45, 2.75) is 11.8 Å². The smallest absolute Gasteiger partial charge is 0.244 e. The van der Waals surface area contributed by atoms with Gasteiger partial charge in [-0.05, 0) is 31.2 Å². The van der Waals surface area contributed by atoms with Crippen molar-refractivity contribution in [3.8, 4) is 5.75 Å². The van der Waals surface area contributed by atoms with Gasteiger partial charge in [0.05, 0.1) is 17.3 Å². The van der Waals surface area contributed by atoms with E-state index >= 15 is 0 Å². The number of anilines is 1. The molecule has 1 aliphatic heterocycles. The summed E-state index contributed by atoms with van der Waals surface area (Å²) in [5.41, 5.74) is 0.999. The molecule has 0 saturated carbocycles. The average Bonchev–Trinajstić information content (AvgIpc) is 2.63. The van der Waals surface area contributed by atoms with Crippen LogP contribution in [-0.4, -0.2) is 45.5 Å². The maximum Gasteiger partial charge on any atom is 0.244 e. The molecule has 0 N–H and O–H groups in total. The SMILES string of the molecule is CCOc1ccccc1N1CCN(S(=O)(=O)c2ccccc2Cl)CC1. The molecule has 1 heterocycles. The molecule has 7 heteroatoms. The van der Waals surface area contributed by atoms with E-state index < -0.39 is 10.0 Å². The largest absolute Gasteiger partial charge is 0.492 e. The van der Waals surface area contributed by atoms with Gasteiger partial charge in [0.1, 0.15) is 10.6 Å². The molecule has 1 saturated heterocycles. The summed E-state index contributed by atoms with van der Waals surface area (Å²) in [6.07, 6.45) is 0. The van der Waals surface area contributed by atoms with Gasteiger partial charge < -0.3 is 9.64 Å². The molecule has 0 bridgehead atoms. The van der Waals surface area contributed by atoms with Gasteiger partial charge in [0, 0.05) is 26.2 Å². The highest BCUT2D eigenvalue weighted by molar-refractivity contribution is 7.89. The lowest BCUT2D eigenvalue weighted by atomic mass is 10.2. The molecule has 3 rings (SSSR count). The minimum absolute atomic E-state index is 0.167. The van der Waals surface area contributed by atoms with Crippen molar-refractivity contribution in [3.63, 3.8) is 0 Å². The van der Waals surface area contributed by atoms with Crippen LogP contribution in [0.2, 0.25) is 5.02 Å². The predicted octanol–water partition coefficient (Wildman–Crippen LogP) is 3.25. The highest BCUT2D eigenvalue weighted by Gasteiger charge is 2.30. The highest BCUT2D eigenvalue weighted by Crippen LogP contribution is 2.30. The van der Waals surface area contributed by atoms with Crippen molar-refractivity contribution < 1.29 is 13.2 Å². The van der Waals surface area contributed by atoms with Crippen LogP contribution in [0, 0.1) is 0 Å². The Balaban J connectivity index is 1.75. The molecule has 25 heavy (non-hydrogen) atoms. The van der Waals surface area contributed by atoms with Crippen molar-refractivity contribution in [2.75, 3.05) is 37.7 Å². The molecule has 2 aromatic carbocycles. The Bertz CT molecular complexity index is 834. The normalized spacial score (nSPS) is 16.0. The maximum absolute atomic E-state index is 12.8. The summed E-state index contributed by atoms with van der Waals surface area (Å²) < 4.78 is 32.8. The molecule has 5 nitrogen and oxygen atoms in total. The van der Waals surface area contributed by atoms with E-state index in [1.165, 1.54) is 4.31 Å². The number of nitrogens with zero attached hydrogens (tertiary/aromatic N) is 2. The quantitative estimate of drug-likeness (QED) is 0.799. The zero-order valence-corrected chi connectivity index (χ0v) is 15.6. The minimum atomic E-state index is -3.58. The van der Waals surface area contributed by atoms with Crippen molar-refractivity contribution in [2.24, 2.45) is 0 Å². The predicted molar refractivity (Wildman–Crippen MR) is 100 cm³/mol. The number of sulfonamides is 1. The van der Waals surface area contributed by atoms with Crippen LogP contribution in [0.15, 0.2) is 53.4 Å². The zero-order valence-electron chi connectivity index (χ0n) is 14.1. The molecular formula is C18H21ClN2O3S. The van der Waals surface area contributed by atoms with Crippen LogP contribution in [0.1, 0.15) is 6.92 Å². The molecule has 0 radical (unpaired) electrons. The lowest BCUT2D eigenvalue weighted by Gasteiger charge is -2.36.